The molecule has 0 aliphatic heterocycles. The molecule has 1 rings (SSSR count). The van der Waals surface area contributed by atoms with Gasteiger partial charge in [0.05, 0.1) is 6.33 Å². The van der Waals surface area contributed by atoms with Crippen LogP contribution in [0.1, 0.15) is 26.7 Å². The number of aromatic nitrogens is 2. The Hall–Kier alpha value is -0.630. The normalized spacial score (nSPS) is 12.6. The minimum Gasteiger partial charge on any atom is -0.324 e. The second-order valence-electron chi connectivity index (χ2n) is 5.13. The van der Waals surface area contributed by atoms with Crippen molar-refractivity contribution < 1.29 is 8.42 Å². The molecule has 0 bridgehead atoms. The van der Waals surface area contributed by atoms with Crippen LogP contribution in [-0.4, -0.2) is 49.0 Å². The van der Waals surface area contributed by atoms with Crippen molar-refractivity contribution in [3.63, 3.8) is 0 Å². The van der Waals surface area contributed by atoms with Gasteiger partial charge in [0.15, 0.2) is 0 Å². The molecule has 0 atom stereocenters. The maximum Gasteiger partial charge on any atom is 0.261 e. The van der Waals surface area contributed by atoms with Crippen LogP contribution in [0.5, 0.6) is 0 Å². The zero-order valence-corrected chi connectivity index (χ0v) is 14.0. The van der Waals surface area contributed by atoms with Gasteiger partial charge < -0.3 is 9.47 Å². The van der Waals surface area contributed by atoms with Gasteiger partial charge in [-0.25, -0.2) is 18.1 Å². The van der Waals surface area contributed by atoms with Gasteiger partial charge in [-0.1, -0.05) is 11.6 Å². The highest BCUT2D eigenvalue weighted by molar-refractivity contribution is 7.89. The van der Waals surface area contributed by atoms with Crippen LogP contribution in [0.2, 0.25) is 5.15 Å². The lowest BCUT2D eigenvalue weighted by Gasteiger charge is -2.20. The van der Waals surface area contributed by atoms with Crippen molar-refractivity contribution in [2.45, 2.75) is 37.8 Å². The van der Waals surface area contributed by atoms with Crippen LogP contribution in [0.25, 0.3) is 0 Å². The molecular formula is C12H23ClN4O2S. The molecule has 1 N–H and O–H groups in total. The number of hydrogen-bond acceptors (Lipinski definition) is 4. The van der Waals surface area contributed by atoms with E-state index in [2.05, 4.69) is 35.5 Å². The molecule has 20 heavy (non-hydrogen) atoms. The molecule has 0 amide bonds. The summed E-state index contributed by atoms with van der Waals surface area (Å²) < 4.78 is 28.0. The van der Waals surface area contributed by atoms with E-state index in [-0.39, 0.29) is 10.2 Å². The van der Waals surface area contributed by atoms with Crippen LogP contribution in [-0.2, 0) is 17.1 Å². The molecule has 0 saturated heterocycles. The van der Waals surface area contributed by atoms with Gasteiger partial charge >= 0.3 is 0 Å². The first-order chi connectivity index (χ1) is 9.25. The molecule has 6 nitrogen and oxygen atoms in total. The fourth-order valence-electron chi connectivity index (χ4n) is 1.59. The van der Waals surface area contributed by atoms with Gasteiger partial charge in [-0.05, 0) is 40.3 Å². The van der Waals surface area contributed by atoms with Gasteiger partial charge in [-0.15, -0.1) is 0 Å². The van der Waals surface area contributed by atoms with E-state index in [9.17, 15) is 8.42 Å². The number of hydrogen-bond donors (Lipinski definition) is 1. The van der Waals surface area contributed by atoms with Crippen molar-refractivity contribution in [1.29, 1.82) is 0 Å². The molecule has 0 fully saturated rings. The third-order valence-corrected chi connectivity index (χ3v) is 5.15. The Balaban J connectivity index is 2.40. The van der Waals surface area contributed by atoms with Gasteiger partial charge in [0, 0.05) is 19.6 Å². The molecule has 0 aliphatic rings. The quantitative estimate of drug-likeness (QED) is 0.736. The third-order valence-electron chi connectivity index (χ3n) is 3.20. The standard InChI is InChI=1S/C12H23ClN4O2S/c1-10(2)16(3)8-6-5-7-15-20(18,19)12-11(13)17(4)9-14-12/h9-10,15H,5-8H2,1-4H3. The first kappa shape index (κ1) is 17.4. The summed E-state index contributed by atoms with van der Waals surface area (Å²) in [5.74, 6) is 0. The van der Waals surface area contributed by atoms with Crippen molar-refractivity contribution in [3.05, 3.63) is 11.5 Å². The monoisotopic (exact) mass is 322 g/mol. The van der Waals surface area contributed by atoms with Crippen LogP contribution in [0.4, 0.5) is 0 Å². The molecule has 0 unspecified atom stereocenters. The molecule has 1 heterocycles. The van der Waals surface area contributed by atoms with E-state index in [1.54, 1.807) is 7.05 Å². The molecule has 116 valence electrons. The first-order valence-electron chi connectivity index (χ1n) is 6.62. The van der Waals surface area contributed by atoms with Crippen molar-refractivity contribution in [3.8, 4) is 0 Å². The Morgan fingerprint density at radius 1 is 1.45 bits per heavy atom. The predicted octanol–water partition coefficient (Wildman–Crippen LogP) is 1.47. The number of nitrogens with zero attached hydrogens (tertiary/aromatic N) is 3. The summed E-state index contributed by atoms with van der Waals surface area (Å²) in [5, 5.41) is 0.0120. The predicted molar refractivity (Wildman–Crippen MR) is 80.4 cm³/mol. The zero-order chi connectivity index (χ0) is 15.3. The average Bonchev–Trinajstić information content (AvgIpc) is 2.69. The lowest BCUT2D eigenvalue weighted by atomic mass is 10.2. The number of aryl methyl sites for hydroxylation is 1. The van der Waals surface area contributed by atoms with Crippen molar-refractivity contribution in [2.75, 3.05) is 20.1 Å². The van der Waals surface area contributed by atoms with Crippen molar-refractivity contribution in [2.24, 2.45) is 7.05 Å². The number of halogens is 1. The van der Waals surface area contributed by atoms with Crippen LogP contribution in [0, 0.1) is 0 Å². The smallest absolute Gasteiger partial charge is 0.261 e. The summed E-state index contributed by atoms with van der Waals surface area (Å²) in [4.78, 5) is 6.04. The highest BCUT2D eigenvalue weighted by Gasteiger charge is 2.21. The van der Waals surface area contributed by atoms with E-state index < -0.39 is 10.0 Å². The molecule has 0 aliphatic carbocycles. The second kappa shape index (κ2) is 7.40. The Morgan fingerprint density at radius 3 is 2.60 bits per heavy atom. The lowest BCUT2D eigenvalue weighted by Crippen LogP contribution is -2.29. The van der Waals surface area contributed by atoms with E-state index in [0.29, 0.717) is 12.6 Å². The lowest BCUT2D eigenvalue weighted by molar-refractivity contribution is 0.268. The molecular weight excluding hydrogens is 300 g/mol. The Kier molecular flexibility index (Phi) is 6.44. The van der Waals surface area contributed by atoms with E-state index in [1.807, 2.05) is 0 Å². The highest BCUT2D eigenvalue weighted by atomic mass is 35.5. The Bertz CT molecular complexity index is 528. The minimum atomic E-state index is -3.61. The Labute approximate surface area is 126 Å². The molecule has 1 aromatic heterocycles. The fourth-order valence-corrected chi connectivity index (χ4v) is 3.09. The fraction of sp³-hybridized carbons (Fsp3) is 0.750. The van der Waals surface area contributed by atoms with Crippen molar-refractivity contribution in [1.82, 2.24) is 19.2 Å². The Morgan fingerprint density at radius 2 is 2.10 bits per heavy atom. The van der Waals surface area contributed by atoms with Gasteiger partial charge in [0.1, 0.15) is 5.15 Å². The maximum atomic E-state index is 12.0. The molecule has 0 saturated carbocycles. The third kappa shape index (κ3) is 4.73. The summed E-state index contributed by atoms with van der Waals surface area (Å²) >= 11 is 5.88. The highest BCUT2D eigenvalue weighted by Crippen LogP contribution is 2.18. The topological polar surface area (TPSA) is 67.2 Å². The minimum absolute atomic E-state index is 0.110. The zero-order valence-electron chi connectivity index (χ0n) is 12.4. The maximum absolute atomic E-state index is 12.0. The molecule has 0 spiro atoms. The molecule has 0 radical (unpaired) electrons. The van der Waals surface area contributed by atoms with Gasteiger partial charge in [0.2, 0.25) is 5.03 Å². The summed E-state index contributed by atoms with van der Waals surface area (Å²) in [6.45, 7) is 5.60. The largest absolute Gasteiger partial charge is 0.324 e. The van der Waals surface area contributed by atoms with Crippen LogP contribution in [0.3, 0.4) is 0 Å². The number of nitrogens with one attached hydrogen (secondary N) is 1. The summed E-state index contributed by atoms with van der Waals surface area (Å²) in [6, 6.07) is 0.499. The molecule has 1 aromatic rings. The molecule has 0 aromatic carbocycles. The van der Waals surface area contributed by atoms with Gasteiger partial charge in [-0.2, -0.15) is 0 Å². The summed E-state index contributed by atoms with van der Waals surface area (Å²) in [5.41, 5.74) is 0. The van der Waals surface area contributed by atoms with Crippen LogP contribution in [0.15, 0.2) is 11.4 Å². The van der Waals surface area contributed by atoms with Gasteiger partial charge in [-0.3, -0.25) is 0 Å². The first-order valence-corrected chi connectivity index (χ1v) is 8.48. The van der Waals surface area contributed by atoms with Crippen molar-refractivity contribution >= 4 is 21.6 Å². The van der Waals surface area contributed by atoms with E-state index in [1.165, 1.54) is 10.9 Å². The van der Waals surface area contributed by atoms with Crippen LogP contribution < -0.4 is 4.72 Å². The average molecular weight is 323 g/mol. The number of sulfonamides is 1. The van der Waals surface area contributed by atoms with Gasteiger partial charge in [0.25, 0.3) is 10.0 Å². The number of unbranched alkanes of at least 4 members (excludes halogenated alkanes) is 1. The number of rotatable bonds is 8. The van der Waals surface area contributed by atoms with E-state index in [4.69, 9.17) is 11.6 Å². The number of imidazole rings is 1. The summed E-state index contributed by atoms with van der Waals surface area (Å²) in [6.07, 6.45) is 3.10. The van der Waals surface area contributed by atoms with Crippen LogP contribution >= 0.6 is 11.6 Å². The summed E-state index contributed by atoms with van der Waals surface area (Å²) in [7, 11) is 0.0923. The van der Waals surface area contributed by atoms with E-state index >= 15 is 0 Å². The van der Waals surface area contributed by atoms with E-state index in [0.717, 1.165) is 19.4 Å². The second-order valence-corrected chi connectivity index (χ2v) is 7.17. The SMILES string of the molecule is CC(C)N(C)CCCCNS(=O)(=O)c1ncn(C)c1Cl. The molecule has 8 heteroatoms.